The Morgan fingerprint density at radius 1 is 1.38 bits per heavy atom. The van der Waals surface area contributed by atoms with Gasteiger partial charge in [-0.25, -0.2) is 4.98 Å². The van der Waals surface area contributed by atoms with Crippen LogP contribution in [0.2, 0.25) is 0 Å². The molecule has 3 aromatic rings. The maximum absolute atomic E-state index is 10.5. The van der Waals surface area contributed by atoms with Gasteiger partial charge < -0.3 is 19.2 Å². The van der Waals surface area contributed by atoms with Crippen LogP contribution in [-0.2, 0) is 4.74 Å². The van der Waals surface area contributed by atoms with Crippen LogP contribution in [0.1, 0.15) is 16.7 Å². The van der Waals surface area contributed by atoms with Crippen LogP contribution in [0.15, 0.2) is 29.1 Å². The van der Waals surface area contributed by atoms with Gasteiger partial charge in [0.15, 0.2) is 11.8 Å². The molecule has 0 aliphatic carbocycles. The summed E-state index contributed by atoms with van der Waals surface area (Å²) >= 11 is 1.45. The predicted molar refractivity (Wildman–Crippen MR) is 74.6 cm³/mol. The molecule has 0 amide bonds. The van der Waals surface area contributed by atoms with Crippen LogP contribution in [0.5, 0.6) is 5.88 Å². The first-order valence-corrected chi connectivity index (χ1v) is 7.63. The van der Waals surface area contributed by atoms with E-state index in [1.165, 1.54) is 27.1 Å². The molecule has 0 aromatic carbocycles. The standard InChI is InChI=1S/C13H14N4O3S/c18-12-11(21-13-14-8-15-17(12)13)10(9-2-1-5-20-9)16-3-6-19-7-4-16/h1-2,5,8,10,18H,3-4,6-7H2/p+1/t10-/m0/s1. The zero-order valence-electron chi connectivity index (χ0n) is 11.2. The third-order valence-electron chi connectivity index (χ3n) is 3.77. The van der Waals surface area contributed by atoms with Gasteiger partial charge in [0, 0.05) is 0 Å². The van der Waals surface area contributed by atoms with Gasteiger partial charge in [-0.1, -0.05) is 11.3 Å². The van der Waals surface area contributed by atoms with E-state index in [4.69, 9.17) is 9.15 Å². The Morgan fingerprint density at radius 2 is 2.24 bits per heavy atom. The van der Waals surface area contributed by atoms with Gasteiger partial charge in [-0.2, -0.15) is 9.61 Å². The molecule has 0 radical (unpaired) electrons. The number of hydrogen-bond acceptors (Lipinski definition) is 6. The van der Waals surface area contributed by atoms with Gasteiger partial charge in [-0.3, -0.25) is 0 Å². The molecule has 4 heterocycles. The molecule has 2 N–H and O–H groups in total. The van der Waals surface area contributed by atoms with Gasteiger partial charge in [-0.05, 0) is 12.1 Å². The van der Waals surface area contributed by atoms with E-state index in [1.807, 2.05) is 12.1 Å². The van der Waals surface area contributed by atoms with Crippen molar-refractivity contribution >= 4 is 16.3 Å². The zero-order chi connectivity index (χ0) is 14.2. The van der Waals surface area contributed by atoms with Crippen LogP contribution >= 0.6 is 11.3 Å². The van der Waals surface area contributed by atoms with Gasteiger partial charge in [0.05, 0.1) is 19.5 Å². The molecule has 1 fully saturated rings. The summed E-state index contributed by atoms with van der Waals surface area (Å²) in [5.74, 6) is 0.986. The number of ether oxygens (including phenoxy) is 1. The largest absolute Gasteiger partial charge is 0.492 e. The number of aromatic hydroxyl groups is 1. The van der Waals surface area contributed by atoms with Gasteiger partial charge >= 0.3 is 0 Å². The number of rotatable bonds is 3. The van der Waals surface area contributed by atoms with Crippen molar-refractivity contribution in [2.75, 3.05) is 26.3 Å². The number of thiazole rings is 1. The molecule has 21 heavy (non-hydrogen) atoms. The predicted octanol–water partition coefficient (Wildman–Crippen LogP) is 0.0939. The topological polar surface area (TPSA) is 77.2 Å². The fourth-order valence-electron chi connectivity index (χ4n) is 2.78. The number of furan rings is 1. The summed E-state index contributed by atoms with van der Waals surface area (Å²) in [6.07, 6.45) is 3.11. The van der Waals surface area contributed by atoms with Crippen LogP contribution in [0, 0.1) is 0 Å². The van der Waals surface area contributed by atoms with Crippen LogP contribution in [0.25, 0.3) is 4.96 Å². The molecule has 0 unspecified atom stereocenters. The second-order valence-corrected chi connectivity index (χ2v) is 5.97. The number of fused-ring (bicyclic) bond motifs is 1. The van der Waals surface area contributed by atoms with Gasteiger partial charge in [0.25, 0.3) is 0 Å². The fraction of sp³-hybridized carbons (Fsp3) is 0.385. The van der Waals surface area contributed by atoms with E-state index in [1.54, 1.807) is 6.26 Å². The number of nitrogens with zero attached hydrogens (tertiary/aromatic N) is 3. The van der Waals surface area contributed by atoms with E-state index < -0.39 is 0 Å². The SMILES string of the molecule is Oc1c([C@H](c2ccco2)[NH+]2CCOCC2)sc2ncnn12. The number of quaternary nitrogens is 1. The molecule has 0 bridgehead atoms. The molecule has 1 aliphatic heterocycles. The quantitative estimate of drug-likeness (QED) is 0.717. The highest BCUT2D eigenvalue weighted by atomic mass is 32.1. The van der Waals surface area contributed by atoms with Crippen LogP contribution < -0.4 is 4.90 Å². The summed E-state index contributed by atoms with van der Waals surface area (Å²) in [4.78, 5) is 6.99. The van der Waals surface area contributed by atoms with Gasteiger partial charge in [0.2, 0.25) is 10.8 Å². The van der Waals surface area contributed by atoms with E-state index in [0.29, 0.717) is 18.2 Å². The van der Waals surface area contributed by atoms with Crippen LogP contribution in [-0.4, -0.2) is 46.0 Å². The fourth-order valence-corrected chi connectivity index (χ4v) is 3.87. The van der Waals surface area contributed by atoms with Crippen molar-refractivity contribution in [3.8, 4) is 5.88 Å². The summed E-state index contributed by atoms with van der Waals surface area (Å²) in [5.41, 5.74) is 0. The maximum atomic E-state index is 10.5. The highest BCUT2D eigenvalue weighted by Crippen LogP contribution is 2.34. The van der Waals surface area contributed by atoms with Gasteiger partial charge in [-0.15, -0.1) is 0 Å². The Balaban J connectivity index is 1.81. The van der Waals surface area contributed by atoms with E-state index in [-0.39, 0.29) is 11.9 Å². The smallest absolute Gasteiger partial charge is 0.235 e. The van der Waals surface area contributed by atoms with E-state index in [2.05, 4.69) is 10.1 Å². The molecule has 7 nitrogen and oxygen atoms in total. The van der Waals surface area contributed by atoms with Gasteiger partial charge in [0.1, 0.15) is 24.3 Å². The Labute approximate surface area is 124 Å². The molecular formula is C13H15N4O3S+. The van der Waals surface area contributed by atoms with E-state index in [0.717, 1.165) is 23.7 Å². The Bertz CT molecular complexity index is 730. The zero-order valence-corrected chi connectivity index (χ0v) is 12.0. The maximum Gasteiger partial charge on any atom is 0.235 e. The lowest BCUT2D eigenvalue weighted by atomic mass is 10.1. The number of morpholine rings is 1. The first-order valence-electron chi connectivity index (χ1n) is 6.81. The summed E-state index contributed by atoms with van der Waals surface area (Å²) in [6.45, 7) is 3.18. The number of nitrogens with one attached hydrogen (secondary N) is 1. The minimum absolute atomic E-state index is 0.0580. The Kier molecular flexibility index (Phi) is 3.13. The molecule has 1 atom stereocenters. The normalized spacial score (nSPS) is 18.3. The second kappa shape index (κ2) is 5.14. The molecule has 0 spiro atoms. The number of hydrogen-bond donors (Lipinski definition) is 2. The van der Waals surface area contributed by atoms with Crippen molar-refractivity contribution in [2.24, 2.45) is 0 Å². The lowest BCUT2D eigenvalue weighted by Crippen LogP contribution is -3.14. The van der Waals surface area contributed by atoms with E-state index in [9.17, 15) is 5.11 Å². The lowest BCUT2D eigenvalue weighted by Gasteiger charge is -2.29. The van der Waals surface area contributed by atoms with Crippen LogP contribution in [0.4, 0.5) is 0 Å². The van der Waals surface area contributed by atoms with Crippen molar-refractivity contribution in [2.45, 2.75) is 6.04 Å². The van der Waals surface area contributed by atoms with E-state index >= 15 is 0 Å². The summed E-state index contributed by atoms with van der Waals surface area (Å²) in [5, 5.41) is 14.5. The molecule has 0 saturated carbocycles. The average molecular weight is 307 g/mol. The van der Waals surface area contributed by atoms with Crippen molar-refractivity contribution in [3.05, 3.63) is 35.4 Å². The summed E-state index contributed by atoms with van der Waals surface area (Å²) in [7, 11) is 0. The minimum Gasteiger partial charge on any atom is -0.492 e. The molecular weight excluding hydrogens is 292 g/mol. The first kappa shape index (κ1) is 12.8. The second-order valence-electron chi connectivity index (χ2n) is 4.96. The molecule has 1 aliphatic rings. The summed E-state index contributed by atoms with van der Waals surface area (Å²) in [6, 6.07) is 3.76. The highest BCUT2D eigenvalue weighted by Gasteiger charge is 2.35. The molecule has 3 aromatic heterocycles. The average Bonchev–Trinajstić information content (AvgIpc) is 3.22. The first-order chi connectivity index (χ1) is 10.3. The summed E-state index contributed by atoms with van der Waals surface area (Å²) < 4.78 is 12.5. The molecule has 110 valence electrons. The third kappa shape index (κ3) is 2.11. The molecule has 4 rings (SSSR count). The highest BCUT2D eigenvalue weighted by molar-refractivity contribution is 7.17. The van der Waals surface area contributed by atoms with Crippen molar-refractivity contribution in [1.29, 1.82) is 0 Å². The minimum atomic E-state index is -0.0580. The molecule has 1 saturated heterocycles. The molecule has 8 heteroatoms. The van der Waals surface area contributed by atoms with Crippen LogP contribution in [0.3, 0.4) is 0 Å². The van der Waals surface area contributed by atoms with Crippen molar-refractivity contribution < 1.29 is 19.2 Å². The monoisotopic (exact) mass is 307 g/mol. The third-order valence-corrected chi connectivity index (χ3v) is 4.87. The van der Waals surface area contributed by atoms with Crippen molar-refractivity contribution in [1.82, 2.24) is 14.6 Å². The Hall–Kier alpha value is -1.90. The van der Waals surface area contributed by atoms with Crippen molar-refractivity contribution in [3.63, 3.8) is 0 Å². The lowest BCUT2D eigenvalue weighted by molar-refractivity contribution is -0.933. The number of aromatic nitrogens is 3. The Morgan fingerprint density at radius 3 is 2.95 bits per heavy atom.